The maximum absolute atomic E-state index is 13.7. The summed E-state index contributed by atoms with van der Waals surface area (Å²) < 4.78 is 52.4. The lowest BCUT2D eigenvalue weighted by Gasteiger charge is -2.10. The summed E-state index contributed by atoms with van der Waals surface area (Å²) >= 11 is 0.979. The van der Waals surface area contributed by atoms with Gasteiger partial charge < -0.3 is 9.47 Å². The van der Waals surface area contributed by atoms with Crippen LogP contribution in [0, 0.1) is 0 Å². The van der Waals surface area contributed by atoms with Crippen molar-refractivity contribution >= 4 is 17.3 Å². The second-order valence-corrected chi connectivity index (χ2v) is 7.69. The topological polar surface area (TPSA) is 66.2 Å². The number of hydrogen-bond acceptors (Lipinski definition) is 6. The van der Waals surface area contributed by atoms with Crippen LogP contribution < -0.4 is 4.74 Å². The first-order valence-corrected chi connectivity index (χ1v) is 10.8. The minimum Gasteiger partial charge on any atom is -0.489 e. The van der Waals surface area contributed by atoms with Crippen molar-refractivity contribution in [2.75, 3.05) is 6.61 Å². The Bertz CT molecular complexity index is 1250. The standard InChI is InChI=1S/C23H18F3N3O3S/c1-2-31-21(30)18-12-27-29(20(18)23(24,25)26)22-28-19(14-33-22)16-9-6-10-17(11-16)32-13-15-7-4-3-5-8-15/h3-12,14H,2,13H2,1H3. The Kier molecular flexibility index (Phi) is 6.45. The van der Waals surface area contributed by atoms with Gasteiger partial charge in [-0.25, -0.2) is 14.5 Å². The van der Waals surface area contributed by atoms with Crippen molar-refractivity contribution in [3.8, 4) is 22.1 Å². The van der Waals surface area contributed by atoms with Crippen LogP contribution in [0.5, 0.6) is 5.75 Å². The molecular weight excluding hydrogens is 455 g/mol. The van der Waals surface area contributed by atoms with Crippen molar-refractivity contribution in [3.63, 3.8) is 0 Å². The minimum absolute atomic E-state index is 0.0246. The third-order valence-corrected chi connectivity index (χ3v) is 5.40. The SMILES string of the molecule is CCOC(=O)c1cnn(-c2nc(-c3cccc(OCc4ccccc4)c3)cs2)c1C(F)(F)F. The molecule has 0 atom stereocenters. The first-order chi connectivity index (χ1) is 15.9. The highest BCUT2D eigenvalue weighted by Gasteiger charge is 2.41. The molecule has 0 unspecified atom stereocenters. The maximum Gasteiger partial charge on any atom is 0.434 e. The number of alkyl halides is 3. The molecule has 10 heteroatoms. The molecule has 0 fully saturated rings. The molecule has 4 rings (SSSR count). The molecule has 0 radical (unpaired) electrons. The zero-order chi connectivity index (χ0) is 23.4. The monoisotopic (exact) mass is 473 g/mol. The Morgan fingerprint density at radius 2 is 1.91 bits per heavy atom. The van der Waals surface area contributed by atoms with Gasteiger partial charge in [0.25, 0.3) is 0 Å². The summed E-state index contributed by atoms with van der Waals surface area (Å²) in [5, 5.41) is 5.36. The molecule has 0 saturated carbocycles. The third-order valence-electron chi connectivity index (χ3n) is 4.58. The Hall–Kier alpha value is -3.66. The zero-order valence-electron chi connectivity index (χ0n) is 17.4. The van der Waals surface area contributed by atoms with Crippen LogP contribution in [0.2, 0.25) is 0 Å². The fourth-order valence-corrected chi connectivity index (χ4v) is 3.90. The Labute approximate surface area is 191 Å². The van der Waals surface area contributed by atoms with Gasteiger partial charge in [-0.1, -0.05) is 42.5 Å². The Morgan fingerprint density at radius 3 is 2.64 bits per heavy atom. The van der Waals surface area contributed by atoms with Crippen LogP contribution in [0.25, 0.3) is 16.4 Å². The average Bonchev–Trinajstić information content (AvgIpc) is 3.46. The number of esters is 1. The molecule has 0 N–H and O–H groups in total. The summed E-state index contributed by atoms with van der Waals surface area (Å²) in [6.07, 6.45) is -3.98. The highest BCUT2D eigenvalue weighted by molar-refractivity contribution is 7.12. The highest BCUT2D eigenvalue weighted by atomic mass is 32.1. The van der Waals surface area contributed by atoms with Crippen LogP contribution in [0.15, 0.2) is 66.2 Å². The van der Waals surface area contributed by atoms with Gasteiger partial charge in [-0.15, -0.1) is 11.3 Å². The molecule has 0 aliphatic carbocycles. The Morgan fingerprint density at radius 1 is 1.12 bits per heavy atom. The largest absolute Gasteiger partial charge is 0.489 e. The molecule has 0 spiro atoms. The van der Waals surface area contributed by atoms with Crippen molar-refractivity contribution in [2.45, 2.75) is 19.7 Å². The first kappa shape index (κ1) is 22.5. The quantitative estimate of drug-likeness (QED) is 0.319. The van der Waals surface area contributed by atoms with Gasteiger partial charge in [-0.2, -0.15) is 18.3 Å². The number of rotatable bonds is 7. The molecule has 2 aromatic heterocycles. The fourth-order valence-electron chi connectivity index (χ4n) is 3.10. The van der Waals surface area contributed by atoms with Crippen LogP contribution in [-0.2, 0) is 17.5 Å². The predicted molar refractivity (Wildman–Crippen MR) is 116 cm³/mol. The molecule has 0 amide bonds. The van der Waals surface area contributed by atoms with E-state index in [2.05, 4.69) is 10.1 Å². The number of hydrogen-bond donors (Lipinski definition) is 0. The lowest BCUT2D eigenvalue weighted by Crippen LogP contribution is -2.18. The normalized spacial score (nSPS) is 11.4. The predicted octanol–water partition coefficient (Wildman–Crippen LogP) is 5.77. The Balaban J connectivity index is 1.61. The number of nitrogens with zero attached hydrogens (tertiary/aromatic N) is 3. The first-order valence-electron chi connectivity index (χ1n) is 9.92. The molecule has 4 aromatic rings. The molecule has 0 saturated heterocycles. The van der Waals surface area contributed by atoms with Gasteiger partial charge in [0.15, 0.2) is 5.69 Å². The van der Waals surface area contributed by atoms with Gasteiger partial charge in [-0.3, -0.25) is 0 Å². The van der Waals surface area contributed by atoms with Crippen LogP contribution >= 0.6 is 11.3 Å². The van der Waals surface area contributed by atoms with E-state index in [4.69, 9.17) is 9.47 Å². The zero-order valence-corrected chi connectivity index (χ0v) is 18.2. The molecule has 6 nitrogen and oxygen atoms in total. The number of aromatic nitrogens is 3. The second-order valence-electron chi connectivity index (χ2n) is 6.85. The summed E-state index contributed by atoms with van der Waals surface area (Å²) in [6.45, 7) is 1.84. The van der Waals surface area contributed by atoms with E-state index in [1.54, 1.807) is 29.6 Å². The van der Waals surface area contributed by atoms with Crippen molar-refractivity contribution in [2.24, 2.45) is 0 Å². The number of halogens is 3. The lowest BCUT2D eigenvalue weighted by atomic mass is 10.1. The summed E-state index contributed by atoms with van der Waals surface area (Å²) in [5.74, 6) is -0.485. The molecule has 2 aromatic carbocycles. The van der Waals surface area contributed by atoms with Crippen LogP contribution in [0.1, 0.15) is 28.5 Å². The van der Waals surface area contributed by atoms with E-state index in [-0.39, 0.29) is 11.7 Å². The van der Waals surface area contributed by atoms with Crippen LogP contribution in [0.3, 0.4) is 0 Å². The fraction of sp³-hybridized carbons (Fsp3) is 0.174. The van der Waals surface area contributed by atoms with Crippen molar-refractivity contribution in [1.29, 1.82) is 0 Å². The highest BCUT2D eigenvalue weighted by Crippen LogP contribution is 2.35. The summed E-state index contributed by atoms with van der Waals surface area (Å²) in [4.78, 5) is 16.3. The summed E-state index contributed by atoms with van der Waals surface area (Å²) in [7, 11) is 0. The second kappa shape index (κ2) is 9.45. The van der Waals surface area contributed by atoms with Gasteiger partial charge in [0.1, 0.15) is 17.9 Å². The average molecular weight is 473 g/mol. The van der Waals surface area contributed by atoms with E-state index in [9.17, 15) is 18.0 Å². The van der Waals surface area contributed by atoms with Gasteiger partial charge in [0.2, 0.25) is 5.13 Å². The van der Waals surface area contributed by atoms with Crippen molar-refractivity contribution in [1.82, 2.24) is 14.8 Å². The molecular formula is C23H18F3N3O3S. The van der Waals surface area contributed by atoms with E-state index >= 15 is 0 Å². The number of carbonyl (C=O) groups is 1. The summed E-state index contributed by atoms with van der Waals surface area (Å²) in [6, 6.07) is 16.8. The third kappa shape index (κ3) is 5.06. The molecule has 33 heavy (non-hydrogen) atoms. The maximum atomic E-state index is 13.7. The van der Waals surface area contributed by atoms with E-state index < -0.39 is 23.4 Å². The number of benzene rings is 2. The van der Waals surface area contributed by atoms with Gasteiger partial charge in [-0.05, 0) is 24.6 Å². The van der Waals surface area contributed by atoms with Gasteiger partial charge in [0.05, 0.1) is 18.5 Å². The molecule has 170 valence electrons. The van der Waals surface area contributed by atoms with Crippen molar-refractivity contribution < 1.29 is 27.4 Å². The molecule has 2 heterocycles. The molecule has 0 aliphatic heterocycles. The summed E-state index contributed by atoms with van der Waals surface area (Å²) in [5.41, 5.74) is 0.268. The van der Waals surface area contributed by atoms with Crippen LogP contribution in [0.4, 0.5) is 13.2 Å². The molecule has 0 aliphatic rings. The minimum atomic E-state index is -4.82. The smallest absolute Gasteiger partial charge is 0.434 e. The molecule has 0 bridgehead atoms. The van der Waals surface area contributed by atoms with Gasteiger partial charge in [0, 0.05) is 10.9 Å². The van der Waals surface area contributed by atoms with E-state index in [1.807, 2.05) is 30.3 Å². The van der Waals surface area contributed by atoms with E-state index in [0.717, 1.165) is 23.1 Å². The number of ether oxygens (including phenoxy) is 2. The van der Waals surface area contributed by atoms with E-state index in [1.165, 1.54) is 6.92 Å². The number of carbonyl (C=O) groups excluding carboxylic acids is 1. The number of thiazole rings is 1. The van der Waals surface area contributed by atoms with Gasteiger partial charge >= 0.3 is 12.1 Å². The van der Waals surface area contributed by atoms with E-state index in [0.29, 0.717) is 28.3 Å². The van der Waals surface area contributed by atoms with Crippen LogP contribution in [-0.4, -0.2) is 27.3 Å². The lowest BCUT2D eigenvalue weighted by molar-refractivity contribution is -0.143. The van der Waals surface area contributed by atoms with Crippen molar-refractivity contribution in [3.05, 3.63) is 83.0 Å².